The van der Waals surface area contributed by atoms with Crippen molar-refractivity contribution in [3.8, 4) is 17.2 Å². The van der Waals surface area contributed by atoms with Crippen LogP contribution in [-0.2, 0) is 9.47 Å². The second-order valence-corrected chi connectivity index (χ2v) is 10.5. The number of aromatic nitrogens is 6. The van der Waals surface area contributed by atoms with Gasteiger partial charge in [-0.15, -0.1) is 0 Å². The van der Waals surface area contributed by atoms with E-state index in [0.29, 0.717) is 33.7 Å². The summed E-state index contributed by atoms with van der Waals surface area (Å²) in [7, 11) is 2.54. The lowest BCUT2D eigenvalue weighted by atomic mass is 10.2. The lowest BCUT2D eigenvalue weighted by Crippen LogP contribution is -2.13. The van der Waals surface area contributed by atoms with Gasteiger partial charge in [-0.3, -0.25) is 15.0 Å². The van der Waals surface area contributed by atoms with Crippen LogP contribution >= 0.6 is 0 Å². The molecule has 48 heavy (non-hydrogen) atoms. The molecule has 14 nitrogen and oxygen atoms in total. The Bertz CT molecular complexity index is 2050. The maximum atomic E-state index is 11.7. The fourth-order valence-electron chi connectivity index (χ4n) is 4.26. The van der Waals surface area contributed by atoms with Crippen molar-refractivity contribution < 1.29 is 33.6 Å². The van der Waals surface area contributed by atoms with E-state index < -0.39 is 11.9 Å². The van der Waals surface area contributed by atoms with Crippen LogP contribution in [0.2, 0.25) is 0 Å². The van der Waals surface area contributed by atoms with Gasteiger partial charge in [-0.1, -0.05) is 0 Å². The average Bonchev–Trinajstić information content (AvgIpc) is 3.09. The number of methoxy groups -OCH3 is 2. The molecule has 0 unspecified atom stereocenters. The number of carbonyl (C=O) groups excluding carboxylic acids is 2. The number of rotatable bonds is 6. The topological polar surface area (TPSA) is 195 Å². The molecule has 0 aliphatic carbocycles. The Morgan fingerprint density at radius 2 is 1.04 bits per heavy atom. The van der Waals surface area contributed by atoms with Crippen molar-refractivity contribution in [3.63, 3.8) is 0 Å². The molecular weight excluding hydrogens is 618 g/mol. The van der Waals surface area contributed by atoms with Crippen molar-refractivity contribution in [1.29, 1.82) is 0 Å². The Balaban J connectivity index is 0.000000164. The zero-order chi connectivity index (χ0) is 34.8. The molecule has 0 aliphatic heterocycles. The number of pyridine rings is 6. The van der Waals surface area contributed by atoms with E-state index in [9.17, 15) is 14.7 Å². The first-order chi connectivity index (χ1) is 23.0. The predicted octanol–water partition coefficient (Wildman–Crippen LogP) is 5.32. The number of ether oxygens (including phenoxy) is 4. The minimum Gasteiger partial charge on any atom is -0.504 e. The number of nitrogen functional groups attached to an aromatic ring is 1. The molecule has 0 amide bonds. The van der Waals surface area contributed by atoms with Crippen molar-refractivity contribution in [2.45, 2.75) is 39.9 Å². The molecule has 0 saturated carbocycles. The quantitative estimate of drug-likeness (QED) is 0.219. The number of hydrogen-bond donors (Lipinski definition) is 2. The zero-order valence-corrected chi connectivity index (χ0v) is 27.2. The van der Waals surface area contributed by atoms with Crippen LogP contribution in [0.3, 0.4) is 0 Å². The Morgan fingerprint density at radius 3 is 1.56 bits per heavy atom. The van der Waals surface area contributed by atoms with Gasteiger partial charge in [0.05, 0.1) is 26.4 Å². The smallest absolute Gasteiger partial charge is 0.360 e. The average molecular weight is 654 g/mol. The highest BCUT2D eigenvalue weighted by atomic mass is 16.5. The molecule has 0 bridgehead atoms. The summed E-state index contributed by atoms with van der Waals surface area (Å²) in [4.78, 5) is 47.3. The van der Waals surface area contributed by atoms with Gasteiger partial charge >= 0.3 is 11.9 Å². The molecule has 0 fully saturated rings. The number of aromatic hydroxyl groups is 1. The SMILES string of the molecule is CC(C)Oc1c(N)ncc2cccnc12.COC(=O)c1ncc2cccnc2c1O.COC(=O)c1ncc2cccnc2c1OC(C)C. The standard InChI is InChI=1S/C13H14N2O3.C11H13N3O.C10H8N2O3/c1-8(2)18-12-10-9(5-4-6-14-10)7-15-11(12)13(16)17-3;1-7(2)15-10-9-8(4-3-5-13-9)6-14-11(10)12;1-15-10(14)8-9(13)7-6(5-12-8)3-2-4-11-7/h4-8H,1-3H3;3-7H,1-2H3,(H2,12,14);2-5,13H,1H3. The minimum atomic E-state index is -0.681. The molecule has 6 rings (SSSR count). The molecule has 0 aliphatic rings. The maximum Gasteiger partial charge on any atom is 0.360 e. The summed E-state index contributed by atoms with van der Waals surface area (Å²) in [6.07, 6.45) is 9.62. The number of nitrogens with zero attached hydrogens (tertiary/aromatic N) is 6. The zero-order valence-electron chi connectivity index (χ0n) is 27.2. The molecule has 0 aromatic carbocycles. The summed E-state index contributed by atoms with van der Waals surface area (Å²) in [6.45, 7) is 7.65. The Hall–Kier alpha value is -6.18. The van der Waals surface area contributed by atoms with E-state index in [0.717, 1.165) is 16.3 Å². The van der Waals surface area contributed by atoms with Gasteiger partial charge in [0.1, 0.15) is 16.6 Å². The maximum absolute atomic E-state index is 11.7. The number of fused-ring (bicyclic) bond motifs is 3. The lowest BCUT2D eigenvalue weighted by molar-refractivity contribution is 0.0579. The normalized spacial score (nSPS) is 10.6. The van der Waals surface area contributed by atoms with Gasteiger partial charge in [-0.2, -0.15) is 0 Å². The minimum absolute atomic E-state index is 0.0571. The summed E-state index contributed by atoms with van der Waals surface area (Å²) < 4.78 is 20.4. The monoisotopic (exact) mass is 653 g/mol. The van der Waals surface area contributed by atoms with E-state index in [4.69, 9.17) is 19.9 Å². The van der Waals surface area contributed by atoms with Gasteiger partial charge in [-0.05, 0) is 64.1 Å². The van der Waals surface area contributed by atoms with Crippen molar-refractivity contribution in [2.24, 2.45) is 0 Å². The first kappa shape index (κ1) is 34.7. The number of nitrogens with two attached hydrogens (primary N) is 1. The molecule has 0 saturated heterocycles. The van der Waals surface area contributed by atoms with Crippen LogP contribution in [0.15, 0.2) is 73.6 Å². The van der Waals surface area contributed by atoms with Crippen LogP contribution in [0.25, 0.3) is 32.7 Å². The molecule has 0 spiro atoms. The number of carbonyl (C=O) groups is 2. The number of anilines is 1. The van der Waals surface area contributed by atoms with E-state index in [1.54, 1.807) is 43.0 Å². The Morgan fingerprint density at radius 1 is 0.625 bits per heavy atom. The molecular formula is C34H35N7O7. The van der Waals surface area contributed by atoms with Crippen LogP contribution < -0.4 is 15.2 Å². The van der Waals surface area contributed by atoms with Crippen LogP contribution in [0, 0.1) is 0 Å². The largest absolute Gasteiger partial charge is 0.504 e. The highest BCUT2D eigenvalue weighted by molar-refractivity contribution is 5.98. The summed E-state index contributed by atoms with van der Waals surface area (Å²) in [6, 6.07) is 10.9. The molecule has 6 aromatic rings. The van der Waals surface area contributed by atoms with Gasteiger partial charge in [-0.25, -0.2) is 24.5 Å². The fraction of sp³-hybridized carbons (Fsp3) is 0.235. The molecule has 6 aromatic heterocycles. The second-order valence-electron chi connectivity index (χ2n) is 10.5. The third kappa shape index (κ3) is 8.15. The molecule has 0 atom stereocenters. The van der Waals surface area contributed by atoms with E-state index >= 15 is 0 Å². The van der Waals surface area contributed by atoms with Crippen molar-refractivity contribution in [3.05, 3.63) is 85.0 Å². The van der Waals surface area contributed by atoms with E-state index in [1.165, 1.54) is 26.6 Å². The molecule has 3 N–H and O–H groups in total. The van der Waals surface area contributed by atoms with Crippen molar-refractivity contribution in [1.82, 2.24) is 29.9 Å². The van der Waals surface area contributed by atoms with Gasteiger partial charge in [0, 0.05) is 53.3 Å². The van der Waals surface area contributed by atoms with Crippen LogP contribution in [-0.4, -0.2) is 73.4 Å². The van der Waals surface area contributed by atoms with Gasteiger partial charge in [0.15, 0.2) is 34.5 Å². The number of hydrogen-bond acceptors (Lipinski definition) is 14. The van der Waals surface area contributed by atoms with E-state index in [2.05, 4.69) is 34.6 Å². The van der Waals surface area contributed by atoms with Crippen LogP contribution in [0.5, 0.6) is 17.2 Å². The second kappa shape index (κ2) is 15.9. The van der Waals surface area contributed by atoms with E-state index in [-0.39, 0.29) is 29.3 Å². The summed E-state index contributed by atoms with van der Waals surface area (Å²) >= 11 is 0. The van der Waals surface area contributed by atoms with Crippen LogP contribution in [0.4, 0.5) is 5.82 Å². The number of esters is 2. The molecule has 248 valence electrons. The summed E-state index contributed by atoms with van der Waals surface area (Å²) in [5.74, 6) is -0.133. The first-order valence-corrected chi connectivity index (χ1v) is 14.7. The van der Waals surface area contributed by atoms with Gasteiger partial charge in [0.2, 0.25) is 0 Å². The van der Waals surface area contributed by atoms with Crippen LogP contribution in [0.1, 0.15) is 48.7 Å². The van der Waals surface area contributed by atoms with Gasteiger partial charge < -0.3 is 29.8 Å². The van der Waals surface area contributed by atoms with Gasteiger partial charge in [0.25, 0.3) is 0 Å². The molecule has 14 heteroatoms. The van der Waals surface area contributed by atoms with E-state index in [1.807, 2.05) is 45.9 Å². The first-order valence-electron chi connectivity index (χ1n) is 14.7. The third-order valence-electron chi connectivity index (χ3n) is 6.32. The van der Waals surface area contributed by atoms with Crippen molar-refractivity contribution in [2.75, 3.05) is 20.0 Å². The summed E-state index contributed by atoms with van der Waals surface area (Å²) in [5, 5.41) is 12.1. The third-order valence-corrected chi connectivity index (χ3v) is 6.32. The summed E-state index contributed by atoms with van der Waals surface area (Å²) in [5.41, 5.74) is 7.50. The predicted molar refractivity (Wildman–Crippen MR) is 179 cm³/mol. The highest BCUT2D eigenvalue weighted by Crippen LogP contribution is 2.29. The highest BCUT2D eigenvalue weighted by Gasteiger charge is 2.20. The Kier molecular flexibility index (Phi) is 11.5. The molecule has 6 heterocycles. The fourth-order valence-corrected chi connectivity index (χ4v) is 4.26. The van der Waals surface area contributed by atoms with Crippen molar-refractivity contribution >= 4 is 50.5 Å². The lowest BCUT2D eigenvalue weighted by Gasteiger charge is -2.14. The Labute approximate surface area is 275 Å². The molecule has 0 radical (unpaired) electrons.